The van der Waals surface area contributed by atoms with Crippen molar-refractivity contribution in [1.29, 1.82) is 0 Å². The summed E-state index contributed by atoms with van der Waals surface area (Å²) < 4.78 is 5.14. The highest BCUT2D eigenvalue weighted by molar-refractivity contribution is 7.81. The molecule has 0 saturated heterocycles. The molecule has 0 fully saturated rings. The van der Waals surface area contributed by atoms with Crippen LogP contribution in [-0.4, -0.2) is 31.2 Å². The molecule has 1 aromatic carbocycles. The monoisotopic (exact) mass is 307 g/mol. The second-order valence-electron chi connectivity index (χ2n) is 4.53. The van der Waals surface area contributed by atoms with Gasteiger partial charge >= 0.3 is 0 Å². The number of ether oxygens (including phenoxy) is 1. The third-order valence-corrected chi connectivity index (χ3v) is 4.35. The average molecular weight is 307 g/mol. The van der Waals surface area contributed by atoms with Crippen LogP contribution in [0.25, 0.3) is 10.6 Å². The molecule has 0 amide bonds. The maximum absolute atomic E-state index is 5.74. The minimum absolute atomic E-state index is 0.366. The summed E-state index contributed by atoms with van der Waals surface area (Å²) in [4.78, 5) is 7.83. The minimum Gasteiger partial charge on any atom is -0.389 e. The lowest BCUT2D eigenvalue weighted by atomic mass is 10.2. The van der Waals surface area contributed by atoms with Gasteiger partial charge in [0.25, 0.3) is 0 Å². The Bertz CT molecular complexity index is 605. The third-order valence-electron chi connectivity index (χ3n) is 2.83. The molecule has 2 aromatic rings. The predicted octanol–water partition coefficient (Wildman–Crippen LogP) is 2.66. The van der Waals surface area contributed by atoms with E-state index < -0.39 is 0 Å². The Balaban J connectivity index is 2.37. The van der Waals surface area contributed by atoms with E-state index in [2.05, 4.69) is 22.0 Å². The average Bonchev–Trinajstić information content (AvgIpc) is 2.83. The highest BCUT2D eigenvalue weighted by Crippen LogP contribution is 2.29. The van der Waals surface area contributed by atoms with Crippen LogP contribution < -0.4 is 10.6 Å². The fourth-order valence-electron chi connectivity index (χ4n) is 1.80. The van der Waals surface area contributed by atoms with E-state index in [9.17, 15) is 0 Å². The van der Waals surface area contributed by atoms with Crippen molar-refractivity contribution in [2.45, 2.75) is 6.61 Å². The third kappa shape index (κ3) is 3.15. The van der Waals surface area contributed by atoms with Gasteiger partial charge in [-0.1, -0.05) is 12.2 Å². The molecule has 106 valence electrons. The lowest BCUT2D eigenvalue weighted by molar-refractivity contribution is 0.182. The fourth-order valence-corrected chi connectivity index (χ4v) is 2.97. The van der Waals surface area contributed by atoms with Crippen LogP contribution in [0, 0.1) is 0 Å². The van der Waals surface area contributed by atoms with Gasteiger partial charge in [-0.05, 0) is 24.3 Å². The largest absolute Gasteiger partial charge is 0.389 e. The molecule has 0 spiro atoms. The number of rotatable bonds is 5. The van der Waals surface area contributed by atoms with Crippen molar-refractivity contribution in [2.24, 2.45) is 5.73 Å². The highest BCUT2D eigenvalue weighted by atomic mass is 32.1. The second kappa shape index (κ2) is 6.30. The lowest BCUT2D eigenvalue weighted by Gasteiger charge is -2.11. The Labute approximate surface area is 128 Å². The summed E-state index contributed by atoms with van der Waals surface area (Å²) >= 11 is 6.57. The van der Waals surface area contributed by atoms with Gasteiger partial charge in [0.1, 0.15) is 10.00 Å². The van der Waals surface area contributed by atoms with Crippen LogP contribution in [0.4, 0.5) is 5.69 Å². The van der Waals surface area contributed by atoms with Gasteiger partial charge in [-0.2, -0.15) is 0 Å². The zero-order valence-corrected chi connectivity index (χ0v) is 13.3. The number of thiazole rings is 1. The first kappa shape index (κ1) is 14.9. The van der Waals surface area contributed by atoms with Gasteiger partial charge in [-0.3, -0.25) is 0 Å². The normalized spacial score (nSPS) is 10.6. The van der Waals surface area contributed by atoms with Crippen molar-refractivity contribution in [2.75, 3.05) is 26.1 Å². The van der Waals surface area contributed by atoms with E-state index in [0.717, 1.165) is 26.8 Å². The van der Waals surface area contributed by atoms with E-state index in [0.29, 0.717) is 11.6 Å². The van der Waals surface area contributed by atoms with E-state index in [1.807, 2.05) is 26.2 Å². The summed E-state index contributed by atoms with van der Waals surface area (Å²) in [6, 6.07) is 8.22. The van der Waals surface area contributed by atoms with Crippen LogP contribution in [0.2, 0.25) is 0 Å². The summed E-state index contributed by atoms with van der Waals surface area (Å²) in [6.45, 7) is 0.416. The molecule has 2 N–H and O–H groups in total. The van der Waals surface area contributed by atoms with Crippen molar-refractivity contribution in [3.8, 4) is 10.6 Å². The van der Waals surface area contributed by atoms with Crippen molar-refractivity contribution in [3.05, 3.63) is 34.8 Å². The molecule has 0 aliphatic rings. The Morgan fingerprint density at radius 2 is 2.00 bits per heavy atom. The zero-order chi connectivity index (χ0) is 14.7. The first-order chi connectivity index (χ1) is 9.52. The highest BCUT2D eigenvalue weighted by Gasteiger charge is 2.14. The molecule has 2 rings (SSSR count). The summed E-state index contributed by atoms with van der Waals surface area (Å²) in [5.74, 6) is 0. The molecule has 0 bridgehead atoms. The van der Waals surface area contributed by atoms with Crippen molar-refractivity contribution < 1.29 is 4.74 Å². The Kier molecular flexibility index (Phi) is 4.69. The quantitative estimate of drug-likeness (QED) is 0.861. The molecule has 0 unspecified atom stereocenters. The van der Waals surface area contributed by atoms with Gasteiger partial charge in [0.05, 0.1) is 17.2 Å². The summed E-state index contributed by atoms with van der Waals surface area (Å²) in [7, 11) is 5.66. The predicted molar refractivity (Wildman–Crippen MR) is 88.5 cm³/mol. The number of aromatic nitrogens is 1. The maximum Gasteiger partial charge on any atom is 0.124 e. The Hall–Kier alpha value is -1.50. The van der Waals surface area contributed by atoms with E-state index in [-0.39, 0.29) is 0 Å². The van der Waals surface area contributed by atoms with Crippen LogP contribution in [0.3, 0.4) is 0 Å². The fraction of sp³-hybridized carbons (Fsp3) is 0.286. The number of methoxy groups -OCH3 is 1. The summed E-state index contributed by atoms with van der Waals surface area (Å²) in [5.41, 5.74) is 8.75. The molecule has 1 heterocycles. The molecule has 0 saturated carbocycles. The van der Waals surface area contributed by atoms with Gasteiger partial charge in [0, 0.05) is 32.5 Å². The smallest absolute Gasteiger partial charge is 0.124 e. The molecule has 4 nitrogen and oxygen atoms in total. The number of nitrogens with zero attached hydrogens (tertiary/aromatic N) is 2. The summed E-state index contributed by atoms with van der Waals surface area (Å²) in [6.07, 6.45) is 0. The van der Waals surface area contributed by atoms with Crippen LogP contribution in [-0.2, 0) is 11.3 Å². The van der Waals surface area contributed by atoms with E-state index >= 15 is 0 Å². The number of anilines is 1. The van der Waals surface area contributed by atoms with Crippen LogP contribution in [0.5, 0.6) is 0 Å². The lowest BCUT2D eigenvalue weighted by Crippen LogP contribution is -2.10. The minimum atomic E-state index is 0.366. The molecule has 0 aliphatic heterocycles. The Morgan fingerprint density at radius 1 is 1.35 bits per heavy atom. The van der Waals surface area contributed by atoms with Crippen molar-refractivity contribution in [1.82, 2.24) is 4.98 Å². The molecule has 20 heavy (non-hydrogen) atoms. The molecular weight excluding hydrogens is 290 g/mol. The zero-order valence-electron chi connectivity index (χ0n) is 11.7. The standard InChI is InChI=1S/C14H17N3OS2/c1-17(2)10-6-4-9(5-7-10)14-16-11(8-18-3)12(20-14)13(15)19/h4-7H,8H2,1-3H3,(H2,15,19). The Morgan fingerprint density at radius 3 is 2.50 bits per heavy atom. The van der Waals surface area contributed by atoms with Gasteiger partial charge in [0.15, 0.2) is 0 Å². The molecule has 0 atom stereocenters. The second-order valence-corrected chi connectivity index (χ2v) is 5.97. The van der Waals surface area contributed by atoms with E-state index in [4.69, 9.17) is 22.7 Å². The number of hydrogen-bond donors (Lipinski definition) is 1. The summed E-state index contributed by atoms with van der Waals surface area (Å²) in [5, 5.41) is 0.908. The van der Waals surface area contributed by atoms with Gasteiger partial charge in [-0.15, -0.1) is 11.3 Å². The van der Waals surface area contributed by atoms with Gasteiger partial charge < -0.3 is 15.4 Å². The van der Waals surface area contributed by atoms with Crippen LogP contribution in [0.1, 0.15) is 10.6 Å². The first-order valence-electron chi connectivity index (χ1n) is 6.09. The number of thiocarbonyl (C=S) groups is 1. The van der Waals surface area contributed by atoms with E-state index in [1.54, 1.807) is 7.11 Å². The molecule has 0 aliphatic carbocycles. The number of benzene rings is 1. The SMILES string of the molecule is COCc1nc(-c2ccc(N(C)C)cc2)sc1C(N)=S. The topological polar surface area (TPSA) is 51.4 Å². The van der Waals surface area contributed by atoms with Crippen molar-refractivity contribution >= 4 is 34.2 Å². The van der Waals surface area contributed by atoms with Crippen molar-refractivity contribution in [3.63, 3.8) is 0 Å². The number of hydrogen-bond acceptors (Lipinski definition) is 5. The molecule has 1 aromatic heterocycles. The maximum atomic E-state index is 5.74. The first-order valence-corrected chi connectivity index (χ1v) is 7.31. The van der Waals surface area contributed by atoms with E-state index in [1.165, 1.54) is 11.3 Å². The van der Waals surface area contributed by atoms with Crippen LogP contribution >= 0.6 is 23.6 Å². The van der Waals surface area contributed by atoms with Crippen LogP contribution in [0.15, 0.2) is 24.3 Å². The molecular formula is C14H17N3OS2. The molecule has 0 radical (unpaired) electrons. The van der Waals surface area contributed by atoms with Gasteiger partial charge in [0.2, 0.25) is 0 Å². The van der Waals surface area contributed by atoms with Gasteiger partial charge in [-0.25, -0.2) is 4.98 Å². The molecule has 6 heteroatoms. The number of nitrogens with two attached hydrogens (primary N) is 1.